The number of nitrogens with one attached hydrogen (secondary N) is 1. The minimum Gasteiger partial charge on any atom is -0.461 e. The molecule has 0 aromatic rings. The van der Waals surface area contributed by atoms with Crippen molar-refractivity contribution < 1.29 is 19.1 Å². The van der Waals surface area contributed by atoms with Gasteiger partial charge in [-0.15, -0.1) is 0 Å². The highest BCUT2D eigenvalue weighted by atomic mass is 16.5. The minimum absolute atomic E-state index is 0.0192. The van der Waals surface area contributed by atoms with E-state index in [1.807, 2.05) is 0 Å². The summed E-state index contributed by atoms with van der Waals surface area (Å²) >= 11 is 0. The molecule has 0 aromatic carbocycles. The molecule has 0 atom stereocenters. The Morgan fingerprint density at radius 3 is 2.50 bits per heavy atom. The van der Waals surface area contributed by atoms with E-state index in [9.17, 15) is 14.4 Å². The second-order valence-electron chi connectivity index (χ2n) is 3.27. The summed E-state index contributed by atoms with van der Waals surface area (Å²) in [7, 11) is 0. The maximum Gasteiger partial charge on any atom is 0.306 e. The van der Waals surface area contributed by atoms with Crippen LogP contribution in [0.5, 0.6) is 0 Å². The summed E-state index contributed by atoms with van der Waals surface area (Å²) in [6, 6.07) is 0. The molecule has 0 aliphatic heterocycles. The van der Waals surface area contributed by atoms with Crippen molar-refractivity contribution in [2.24, 2.45) is 0 Å². The number of esters is 1. The largest absolute Gasteiger partial charge is 0.461 e. The molecule has 0 fully saturated rings. The lowest BCUT2D eigenvalue weighted by molar-refractivity contribution is -0.143. The number of ketones is 1. The number of carbonyl (C=O) groups excluding carboxylic acids is 3. The Morgan fingerprint density at radius 1 is 1.25 bits per heavy atom. The molecule has 5 heteroatoms. The van der Waals surface area contributed by atoms with Crippen molar-refractivity contribution in [1.29, 1.82) is 0 Å². The van der Waals surface area contributed by atoms with Crippen LogP contribution in [-0.2, 0) is 19.1 Å². The zero-order chi connectivity index (χ0) is 12.4. The molecule has 90 valence electrons. The van der Waals surface area contributed by atoms with Crippen molar-refractivity contribution in [2.45, 2.75) is 26.2 Å². The van der Waals surface area contributed by atoms with Gasteiger partial charge in [-0.2, -0.15) is 0 Å². The quantitative estimate of drug-likeness (QED) is 0.486. The Bertz CT molecular complexity index is 273. The number of Topliss-reactive ketones (excluding diaryl/α,β-unsaturated/α-hetero) is 1. The molecule has 0 aliphatic rings. The number of rotatable bonds is 8. The zero-order valence-electron chi connectivity index (χ0n) is 9.45. The van der Waals surface area contributed by atoms with Crippen LogP contribution in [0.1, 0.15) is 26.2 Å². The fourth-order valence-electron chi connectivity index (χ4n) is 0.906. The first kappa shape index (κ1) is 14.3. The van der Waals surface area contributed by atoms with Crippen LogP contribution in [0.3, 0.4) is 0 Å². The van der Waals surface area contributed by atoms with Crippen molar-refractivity contribution in [2.75, 3.05) is 13.2 Å². The molecule has 0 spiro atoms. The summed E-state index contributed by atoms with van der Waals surface area (Å²) in [6.07, 6.45) is 1.89. The summed E-state index contributed by atoms with van der Waals surface area (Å²) in [5.41, 5.74) is 0. The smallest absolute Gasteiger partial charge is 0.306 e. The van der Waals surface area contributed by atoms with E-state index in [0.29, 0.717) is 13.0 Å². The van der Waals surface area contributed by atoms with Crippen LogP contribution in [0.15, 0.2) is 12.7 Å². The van der Waals surface area contributed by atoms with E-state index >= 15 is 0 Å². The molecule has 0 aliphatic carbocycles. The van der Waals surface area contributed by atoms with Gasteiger partial charge in [-0.05, 0) is 6.92 Å². The summed E-state index contributed by atoms with van der Waals surface area (Å²) < 4.78 is 4.69. The van der Waals surface area contributed by atoms with E-state index in [4.69, 9.17) is 4.74 Å². The first-order valence-electron chi connectivity index (χ1n) is 5.09. The van der Waals surface area contributed by atoms with Crippen molar-refractivity contribution >= 4 is 17.7 Å². The molecule has 1 amide bonds. The number of amides is 1. The molecule has 0 rings (SSSR count). The molecule has 0 radical (unpaired) electrons. The average molecular weight is 227 g/mol. The van der Waals surface area contributed by atoms with E-state index in [-0.39, 0.29) is 31.1 Å². The van der Waals surface area contributed by atoms with Gasteiger partial charge in [0.15, 0.2) is 0 Å². The molecular weight excluding hydrogens is 210 g/mol. The third kappa shape index (κ3) is 8.93. The highest BCUT2D eigenvalue weighted by molar-refractivity contribution is 5.82. The minimum atomic E-state index is -0.429. The molecule has 0 heterocycles. The molecule has 16 heavy (non-hydrogen) atoms. The molecule has 5 nitrogen and oxygen atoms in total. The number of carbonyl (C=O) groups is 3. The molecular formula is C11H17NO4. The van der Waals surface area contributed by atoms with Gasteiger partial charge in [0.05, 0.1) is 6.42 Å². The van der Waals surface area contributed by atoms with E-state index in [1.54, 1.807) is 0 Å². The van der Waals surface area contributed by atoms with Crippen molar-refractivity contribution in [3.8, 4) is 0 Å². The van der Waals surface area contributed by atoms with Gasteiger partial charge in [0.2, 0.25) is 5.91 Å². The molecule has 0 aromatic heterocycles. The second kappa shape index (κ2) is 8.64. The second-order valence-corrected chi connectivity index (χ2v) is 3.27. The van der Waals surface area contributed by atoms with E-state index < -0.39 is 5.97 Å². The fourth-order valence-corrected chi connectivity index (χ4v) is 0.906. The van der Waals surface area contributed by atoms with Gasteiger partial charge >= 0.3 is 5.97 Å². The highest BCUT2D eigenvalue weighted by Crippen LogP contribution is 1.93. The Hall–Kier alpha value is -1.65. The van der Waals surface area contributed by atoms with Gasteiger partial charge in [-0.1, -0.05) is 12.7 Å². The summed E-state index contributed by atoms with van der Waals surface area (Å²) in [5, 5.41) is 2.54. The lowest BCUT2D eigenvalue weighted by Gasteiger charge is -2.03. The molecule has 0 saturated heterocycles. The molecule has 0 unspecified atom stereocenters. The summed E-state index contributed by atoms with van der Waals surface area (Å²) in [6.45, 7) is 5.33. The van der Waals surface area contributed by atoms with Gasteiger partial charge in [0.1, 0.15) is 12.4 Å². The lowest BCUT2D eigenvalue weighted by Crippen LogP contribution is -2.26. The van der Waals surface area contributed by atoms with Crippen LogP contribution in [0.4, 0.5) is 0 Å². The van der Waals surface area contributed by atoms with Gasteiger partial charge < -0.3 is 10.1 Å². The van der Waals surface area contributed by atoms with Crippen molar-refractivity contribution in [3.63, 3.8) is 0 Å². The first-order valence-corrected chi connectivity index (χ1v) is 5.09. The van der Waals surface area contributed by atoms with E-state index in [1.165, 1.54) is 13.0 Å². The van der Waals surface area contributed by atoms with Gasteiger partial charge in [0.25, 0.3) is 0 Å². The summed E-state index contributed by atoms with van der Waals surface area (Å²) in [4.78, 5) is 32.7. The number of hydrogen-bond acceptors (Lipinski definition) is 4. The third-order valence-electron chi connectivity index (χ3n) is 1.72. The Kier molecular flexibility index (Phi) is 7.75. The van der Waals surface area contributed by atoms with Crippen LogP contribution in [0.25, 0.3) is 0 Å². The number of ether oxygens (including phenoxy) is 1. The van der Waals surface area contributed by atoms with E-state index in [2.05, 4.69) is 11.9 Å². The molecule has 1 N–H and O–H groups in total. The Labute approximate surface area is 94.8 Å². The van der Waals surface area contributed by atoms with E-state index in [0.717, 1.165) is 0 Å². The van der Waals surface area contributed by atoms with Gasteiger partial charge in [0, 0.05) is 19.4 Å². The Balaban J connectivity index is 3.53. The van der Waals surface area contributed by atoms with Crippen LogP contribution in [0.2, 0.25) is 0 Å². The SMILES string of the molecule is C=CCOC(=O)CCC(=O)NCCC(C)=O. The Morgan fingerprint density at radius 2 is 1.94 bits per heavy atom. The predicted molar refractivity (Wildman–Crippen MR) is 58.7 cm³/mol. The van der Waals surface area contributed by atoms with Crippen LogP contribution < -0.4 is 5.32 Å². The maximum absolute atomic E-state index is 11.2. The molecule has 0 bridgehead atoms. The van der Waals surface area contributed by atoms with Crippen molar-refractivity contribution in [1.82, 2.24) is 5.32 Å². The molecule has 0 saturated carbocycles. The van der Waals surface area contributed by atoms with Gasteiger partial charge in [-0.3, -0.25) is 14.4 Å². The fraction of sp³-hybridized carbons (Fsp3) is 0.545. The monoisotopic (exact) mass is 227 g/mol. The number of hydrogen-bond donors (Lipinski definition) is 1. The predicted octanol–water partition coefficient (Wildman–Crippen LogP) is 0.591. The van der Waals surface area contributed by atoms with Crippen LogP contribution in [-0.4, -0.2) is 30.8 Å². The van der Waals surface area contributed by atoms with Crippen LogP contribution in [0, 0.1) is 0 Å². The normalized spacial score (nSPS) is 9.31. The standard InChI is InChI=1S/C11H17NO4/c1-3-8-16-11(15)5-4-10(14)12-7-6-9(2)13/h3H,1,4-8H2,2H3,(H,12,14). The average Bonchev–Trinajstić information content (AvgIpc) is 2.23. The zero-order valence-corrected chi connectivity index (χ0v) is 9.45. The third-order valence-corrected chi connectivity index (χ3v) is 1.72. The highest BCUT2D eigenvalue weighted by Gasteiger charge is 2.07. The van der Waals surface area contributed by atoms with Crippen LogP contribution >= 0.6 is 0 Å². The first-order chi connectivity index (χ1) is 7.56. The topological polar surface area (TPSA) is 72.5 Å². The lowest BCUT2D eigenvalue weighted by atomic mass is 10.2. The van der Waals surface area contributed by atoms with Gasteiger partial charge in [-0.25, -0.2) is 0 Å². The maximum atomic E-state index is 11.2. The van der Waals surface area contributed by atoms with Crippen molar-refractivity contribution in [3.05, 3.63) is 12.7 Å². The summed E-state index contributed by atoms with van der Waals surface area (Å²) in [5.74, 6) is -0.663.